The monoisotopic (exact) mass is 342 g/mol. The van der Waals surface area contributed by atoms with Crippen LogP contribution in [0.1, 0.15) is 15.3 Å². The molecule has 0 aliphatic rings. The van der Waals surface area contributed by atoms with Crippen molar-refractivity contribution >= 4 is 57.8 Å². The molecule has 0 atom stereocenters. The molecule has 0 aliphatic heterocycles. The average molecular weight is 343 g/mol. The molecule has 0 unspecified atom stereocenters. The third-order valence-corrected chi connectivity index (χ3v) is 5.53. The normalized spacial score (nSPS) is 11.4. The van der Waals surface area contributed by atoms with Crippen LogP contribution in [-0.2, 0) is 6.54 Å². The molecule has 0 spiro atoms. The summed E-state index contributed by atoms with van der Waals surface area (Å²) in [6, 6.07) is 5.88. The van der Waals surface area contributed by atoms with E-state index < -0.39 is 0 Å². The number of hydrogen-bond donors (Lipinski definition) is 1. The van der Waals surface area contributed by atoms with Crippen molar-refractivity contribution in [2.45, 2.75) is 20.4 Å². The summed E-state index contributed by atoms with van der Waals surface area (Å²) in [7, 11) is 0. The summed E-state index contributed by atoms with van der Waals surface area (Å²) in [5.74, 6) is 0. The Hall–Kier alpha value is -0.810. The maximum Gasteiger partial charge on any atom is 0.178 e. The molecular formula is C14H12Cl2N2S2. The first-order valence-electron chi connectivity index (χ1n) is 6.09. The van der Waals surface area contributed by atoms with E-state index in [1.54, 1.807) is 11.3 Å². The van der Waals surface area contributed by atoms with Crippen molar-refractivity contribution in [3.63, 3.8) is 0 Å². The van der Waals surface area contributed by atoms with Crippen LogP contribution < -0.4 is 0 Å². The topological polar surface area (TPSA) is 20.7 Å². The van der Waals surface area contributed by atoms with Gasteiger partial charge in [0.2, 0.25) is 0 Å². The van der Waals surface area contributed by atoms with Crippen LogP contribution in [0, 0.1) is 18.6 Å². The Morgan fingerprint density at radius 3 is 2.55 bits per heavy atom. The van der Waals surface area contributed by atoms with Gasteiger partial charge in [-0.1, -0.05) is 23.2 Å². The van der Waals surface area contributed by atoms with E-state index >= 15 is 0 Å². The SMILES string of the molecule is Cc1cc(Cn2c(=S)[nH]c3cc(Cl)c(Cl)cc32)sc1C. The van der Waals surface area contributed by atoms with Crippen molar-refractivity contribution in [3.8, 4) is 0 Å². The Bertz CT molecular complexity index is 839. The second-order valence-corrected chi connectivity index (χ2v) is 7.29. The summed E-state index contributed by atoms with van der Waals surface area (Å²) in [6.07, 6.45) is 0. The minimum Gasteiger partial charge on any atom is -0.331 e. The lowest BCUT2D eigenvalue weighted by Crippen LogP contribution is -1.97. The zero-order valence-corrected chi connectivity index (χ0v) is 14.1. The Labute approximate surface area is 136 Å². The van der Waals surface area contributed by atoms with Crippen LogP contribution in [0.4, 0.5) is 0 Å². The Balaban J connectivity index is 2.13. The van der Waals surface area contributed by atoms with Crippen LogP contribution in [0.15, 0.2) is 18.2 Å². The molecule has 3 aromatic rings. The minimum absolute atomic E-state index is 0.533. The van der Waals surface area contributed by atoms with Gasteiger partial charge in [-0.25, -0.2) is 0 Å². The fourth-order valence-corrected chi connectivity index (χ4v) is 3.83. The number of rotatable bonds is 2. The van der Waals surface area contributed by atoms with Gasteiger partial charge in [-0.05, 0) is 49.8 Å². The van der Waals surface area contributed by atoms with E-state index in [9.17, 15) is 0 Å². The van der Waals surface area contributed by atoms with Gasteiger partial charge in [0.25, 0.3) is 0 Å². The van der Waals surface area contributed by atoms with Crippen molar-refractivity contribution in [1.29, 1.82) is 0 Å². The van der Waals surface area contributed by atoms with Crippen LogP contribution in [0.3, 0.4) is 0 Å². The first kappa shape index (κ1) is 14.1. The van der Waals surface area contributed by atoms with Crippen LogP contribution in [-0.4, -0.2) is 9.55 Å². The molecule has 0 amide bonds. The zero-order valence-electron chi connectivity index (χ0n) is 11.0. The van der Waals surface area contributed by atoms with E-state index in [0.717, 1.165) is 17.6 Å². The second-order valence-electron chi connectivity index (χ2n) is 4.75. The molecule has 0 bridgehead atoms. The van der Waals surface area contributed by atoms with Crippen molar-refractivity contribution < 1.29 is 0 Å². The van der Waals surface area contributed by atoms with Crippen molar-refractivity contribution in [3.05, 3.63) is 48.3 Å². The van der Waals surface area contributed by atoms with Gasteiger partial charge < -0.3 is 9.55 Å². The van der Waals surface area contributed by atoms with Crippen molar-refractivity contribution in [2.75, 3.05) is 0 Å². The lowest BCUT2D eigenvalue weighted by molar-refractivity contribution is 0.823. The Morgan fingerprint density at radius 2 is 1.90 bits per heavy atom. The fourth-order valence-electron chi connectivity index (χ4n) is 2.19. The summed E-state index contributed by atoms with van der Waals surface area (Å²) in [5.41, 5.74) is 3.21. The summed E-state index contributed by atoms with van der Waals surface area (Å²) >= 11 is 19.4. The number of nitrogens with one attached hydrogen (secondary N) is 1. The highest BCUT2D eigenvalue weighted by Crippen LogP contribution is 2.29. The molecule has 1 N–H and O–H groups in total. The fraction of sp³-hybridized carbons (Fsp3) is 0.214. The smallest absolute Gasteiger partial charge is 0.178 e. The number of H-pyrrole nitrogens is 1. The lowest BCUT2D eigenvalue weighted by Gasteiger charge is -2.03. The summed E-state index contributed by atoms with van der Waals surface area (Å²) in [5, 5.41) is 1.07. The van der Waals surface area contributed by atoms with E-state index in [1.807, 2.05) is 12.1 Å². The number of halogens is 2. The molecule has 6 heteroatoms. The third kappa shape index (κ3) is 2.42. The van der Waals surface area contributed by atoms with E-state index in [2.05, 4.69) is 29.5 Å². The molecule has 0 saturated heterocycles. The van der Waals surface area contributed by atoms with Gasteiger partial charge in [-0.2, -0.15) is 0 Å². The summed E-state index contributed by atoms with van der Waals surface area (Å²) in [6.45, 7) is 5.01. The highest BCUT2D eigenvalue weighted by atomic mass is 35.5. The predicted octanol–water partition coefficient (Wildman–Crippen LogP) is 5.73. The number of benzene rings is 1. The van der Waals surface area contributed by atoms with Crippen LogP contribution in [0.5, 0.6) is 0 Å². The van der Waals surface area contributed by atoms with E-state index in [0.29, 0.717) is 14.8 Å². The molecule has 2 heterocycles. The number of hydrogen-bond acceptors (Lipinski definition) is 2. The molecule has 20 heavy (non-hydrogen) atoms. The first-order valence-corrected chi connectivity index (χ1v) is 8.07. The molecule has 0 saturated carbocycles. The minimum atomic E-state index is 0.533. The van der Waals surface area contributed by atoms with Crippen LogP contribution in [0.2, 0.25) is 10.0 Å². The highest BCUT2D eigenvalue weighted by Gasteiger charge is 2.10. The number of imidazole rings is 1. The van der Waals surface area contributed by atoms with Gasteiger partial charge in [0.05, 0.1) is 27.6 Å². The lowest BCUT2D eigenvalue weighted by atomic mass is 10.3. The number of aromatic amines is 1. The zero-order chi connectivity index (χ0) is 14.4. The van der Waals surface area contributed by atoms with Gasteiger partial charge in [-0.15, -0.1) is 11.3 Å². The Morgan fingerprint density at radius 1 is 1.20 bits per heavy atom. The molecule has 2 aromatic heterocycles. The van der Waals surface area contributed by atoms with Gasteiger partial charge in [-0.3, -0.25) is 0 Å². The maximum absolute atomic E-state index is 6.11. The summed E-state index contributed by atoms with van der Waals surface area (Å²) < 4.78 is 2.74. The number of nitrogens with zero attached hydrogens (tertiary/aromatic N) is 1. The maximum atomic E-state index is 6.11. The van der Waals surface area contributed by atoms with Gasteiger partial charge >= 0.3 is 0 Å². The molecule has 2 nitrogen and oxygen atoms in total. The van der Waals surface area contributed by atoms with E-state index in [1.165, 1.54) is 15.3 Å². The first-order chi connectivity index (χ1) is 9.45. The number of fused-ring (bicyclic) bond motifs is 1. The summed E-state index contributed by atoms with van der Waals surface area (Å²) in [4.78, 5) is 5.80. The quantitative estimate of drug-likeness (QED) is 0.589. The second kappa shape index (κ2) is 5.19. The number of aryl methyl sites for hydroxylation is 2. The van der Waals surface area contributed by atoms with Gasteiger partial charge in [0.15, 0.2) is 4.77 Å². The van der Waals surface area contributed by atoms with Crippen LogP contribution >= 0.6 is 46.8 Å². The molecular weight excluding hydrogens is 331 g/mol. The van der Waals surface area contributed by atoms with Crippen molar-refractivity contribution in [2.24, 2.45) is 0 Å². The molecule has 1 aromatic carbocycles. The van der Waals surface area contributed by atoms with E-state index in [4.69, 9.17) is 35.4 Å². The predicted molar refractivity (Wildman–Crippen MR) is 90.0 cm³/mol. The molecule has 0 aliphatic carbocycles. The molecule has 104 valence electrons. The van der Waals surface area contributed by atoms with Gasteiger partial charge in [0, 0.05) is 9.75 Å². The van der Waals surface area contributed by atoms with Gasteiger partial charge in [0.1, 0.15) is 0 Å². The largest absolute Gasteiger partial charge is 0.331 e. The average Bonchev–Trinajstić information content (AvgIpc) is 2.83. The molecule has 0 radical (unpaired) electrons. The molecule has 0 fully saturated rings. The standard InChI is InChI=1S/C14H12Cl2N2S2/c1-7-3-9(20-8(7)2)6-18-13-5-11(16)10(15)4-12(13)17-14(18)19/h3-5H,6H2,1-2H3,(H,17,19). The Kier molecular flexibility index (Phi) is 3.67. The molecule has 3 rings (SSSR count). The third-order valence-electron chi connectivity index (χ3n) is 3.35. The van der Waals surface area contributed by atoms with E-state index in [-0.39, 0.29) is 0 Å². The number of thiophene rings is 1. The van der Waals surface area contributed by atoms with Crippen LogP contribution in [0.25, 0.3) is 11.0 Å². The highest BCUT2D eigenvalue weighted by molar-refractivity contribution is 7.71. The van der Waals surface area contributed by atoms with Crippen molar-refractivity contribution in [1.82, 2.24) is 9.55 Å². The number of aromatic nitrogens is 2.